The Kier molecular flexibility index (Phi) is 1.90. The molecule has 12 heavy (non-hydrogen) atoms. The molecule has 0 spiro atoms. The molecule has 2 heteroatoms. The van der Waals surface area contributed by atoms with Gasteiger partial charge in [0.2, 0.25) is 0 Å². The average molecular weight is 161 g/mol. The molecule has 0 aromatic carbocycles. The van der Waals surface area contributed by atoms with Gasteiger partial charge in [-0.05, 0) is 30.0 Å². The molecule has 0 amide bonds. The van der Waals surface area contributed by atoms with Gasteiger partial charge in [0.25, 0.3) is 0 Å². The lowest BCUT2D eigenvalue weighted by molar-refractivity contribution is -0.117. The number of hydrogen-bond acceptors (Lipinski definition) is 2. The average Bonchev–Trinajstić information content (AvgIpc) is 2.54. The van der Waals surface area contributed by atoms with Gasteiger partial charge in [-0.15, -0.1) is 0 Å². The van der Waals surface area contributed by atoms with Gasteiger partial charge in [-0.3, -0.25) is 9.78 Å². The van der Waals surface area contributed by atoms with E-state index in [2.05, 4.69) is 4.98 Å². The van der Waals surface area contributed by atoms with Crippen LogP contribution in [0.4, 0.5) is 0 Å². The van der Waals surface area contributed by atoms with E-state index in [0.717, 1.165) is 19.3 Å². The van der Waals surface area contributed by atoms with Crippen LogP contribution in [0, 0.1) is 0 Å². The Bertz CT molecular complexity index is 281. The monoisotopic (exact) mass is 161 g/mol. The Morgan fingerprint density at radius 2 is 2.08 bits per heavy atom. The standard InChI is InChI=1S/C10H11NO/c12-10-2-1-9(7-10)8-3-5-11-6-4-8/h3-6,9H,1-2,7H2/t9-/m1/s1. The Morgan fingerprint density at radius 3 is 2.67 bits per heavy atom. The summed E-state index contributed by atoms with van der Waals surface area (Å²) < 4.78 is 0. The summed E-state index contributed by atoms with van der Waals surface area (Å²) in [5, 5.41) is 0. The largest absolute Gasteiger partial charge is 0.300 e. The van der Waals surface area contributed by atoms with Crippen molar-refractivity contribution in [2.24, 2.45) is 0 Å². The summed E-state index contributed by atoms with van der Waals surface area (Å²) in [6, 6.07) is 4.01. The number of rotatable bonds is 1. The van der Waals surface area contributed by atoms with Crippen LogP contribution in [0.5, 0.6) is 0 Å². The second-order valence-electron chi connectivity index (χ2n) is 3.26. The first-order chi connectivity index (χ1) is 5.86. The van der Waals surface area contributed by atoms with Crippen molar-refractivity contribution < 1.29 is 4.79 Å². The molecule has 1 fully saturated rings. The van der Waals surface area contributed by atoms with Crippen LogP contribution in [0.25, 0.3) is 0 Å². The number of carbonyl (C=O) groups excluding carboxylic acids is 1. The van der Waals surface area contributed by atoms with Crippen LogP contribution in [0.3, 0.4) is 0 Å². The first-order valence-corrected chi connectivity index (χ1v) is 4.28. The topological polar surface area (TPSA) is 30.0 Å². The van der Waals surface area contributed by atoms with Crippen LogP contribution in [0.1, 0.15) is 30.7 Å². The highest BCUT2D eigenvalue weighted by molar-refractivity contribution is 5.81. The highest BCUT2D eigenvalue weighted by Crippen LogP contribution is 2.31. The van der Waals surface area contributed by atoms with Crippen LogP contribution >= 0.6 is 0 Å². The molecule has 0 saturated heterocycles. The Labute approximate surface area is 71.6 Å². The quantitative estimate of drug-likeness (QED) is 0.629. The maximum atomic E-state index is 11.0. The fraction of sp³-hybridized carbons (Fsp3) is 0.400. The lowest BCUT2D eigenvalue weighted by atomic mass is 9.99. The number of nitrogens with zero attached hydrogens (tertiary/aromatic N) is 1. The van der Waals surface area contributed by atoms with Crippen molar-refractivity contribution in [1.82, 2.24) is 4.98 Å². The molecule has 1 aliphatic carbocycles. The minimum atomic E-state index is 0.400. The molecule has 1 heterocycles. The van der Waals surface area contributed by atoms with Crippen molar-refractivity contribution >= 4 is 5.78 Å². The second kappa shape index (κ2) is 3.05. The highest BCUT2D eigenvalue weighted by atomic mass is 16.1. The number of pyridine rings is 1. The molecule has 2 rings (SSSR count). The third kappa shape index (κ3) is 1.37. The normalized spacial score (nSPS) is 23.0. The molecule has 1 aromatic heterocycles. The molecule has 1 atom stereocenters. The number of aromatic nitrogens is 1. The van der Waals surface area contributed by atoms with Crippen molar-refractivity contribution in [2.75, 3.05) is 0 Å². The minimum absolute atomic E-state index is 0.400. The Morgan fingerprint density at radius 1 is 1.33 bits per heavy atom. The van der Waals surface area contributed by atoms with E-state index in [0.29, 0.717) is 11.7 Å². The van der Waals surface area contributed by atoms with Gasteiger partial charge >= 0.3 is 0 Å². The summed E-state index contributed by atoms with van der Waals surface area (Å²) in [4.78, 5) is 15.0. The number of ketones is 1. The minimum Gasteiger partial charge on any atom is -0.300 e. The lowest BCUT2D eigenvalue weighted by Gasteiger charge is -2.06. The fourth-order valence-electron chi connectivity index (χ4n) is 1.73. The molecule has 0 radical (unpaired) electrons. The smallest absolute Gasteiger partial charge is 0.133 e. The SMILES string of the molecule is O=C1CC[C@@H](c2ccncc2)C1. The third-order valence-corrected chi connectivity index (χ3v) is 2.42. The predicted molar refractivity (Wildman–Crippen MR) is 45.8 cm³/mol. The Hall–Kier alpha value is -1.18. The number of Topliss-reactive ketones (excluding diaryl/α,β-unsaturated/α-hetero) is 1. The predicted octanol–water partition coefficient (Wildman–Crippen LogP) is 1.92. The molecular weight excluding hydrogens is 150 g/mol. The van der Waals surface area contributed by atoms with E-state index >= 15 is 0 Å². The summed E-state index contributed by atoms with van der Waals surface area (Å²) in [7, 11) is 0. The number of carbonyl (C=O) groups is 1. The summed E-state index contributed by atoms with van der Waals surface area (Å²) in [5.41, 5.74) is 1.26. The second-order valence-corrected chi connectivity index (χ2v) is 3.26. The van der Waals surface area contributed by atoms with E-state index in [1.165, 1.54) is 5.56 Å². The molecule has 0 unspecified atom stereocenters. The third-order valence-electron chi connectivity index (χ3n) is 2.42. The molecule has 2 nitrogen and oxygen atoms in total. The van der Waals surface area contributed by atoms with E-state index in [4.69, 9.17) is 0 Å². The zero-order chi connectivity index (χ0) is 8.39. The van der Waals surface area contributed by atoms with Gasteiger partial charge in [-0.25, -0.2) is 0 Å². The van der Waals surface area contributed by atoms with Gasteiger partial charge in [0.05, 0.1) is 0 Å². The van der Waals surface area contributed by atoms with E-state index in [9.17, 15) is 4.79 Å². The van der Waals surface area contributed by atoms with E-state index in [1.807, 2.05) is 12.1 Å². The van der Waals surface area contributed by atoms with Gasteiger partial charge in [-0.2, -0.15) is 0 Å². The van der Waals surface area contributed by atoms with Crippen molar-refractivity contribution in [3.63, 3.8) is 0 Å². The first kappa shape index (κ1) is 7.47. The zero-order valence-corrected chi connectivity index (χ0v) is 6.86. The summed E-state index contributed by atoms with van der Waals surface area (Å²) in [5.74, 6) is 0.859. The van der Waals surface area contributed by atoms with Gasteiger partial charge in [0, 0.05) is 25.2 Å². The van der Waals surface area contributed by atoms with Crippen molar-refractivity contribution in [1.29, 1.82) is 0 Å². The summed E-state index contributed by atoms with van der Waals surface area (Å²) in [6.07, 6.45) is 6.08. The van der Waals surface area contributed by atoms with Crippen molar-refractivity contribution in [3.05, 3.63) is 30.1 Å². The van der Waals surface area contributed by atoms with Crippen LogP contribution in [0.15, 0.2) is 24.5 Å². The Balaban J connectivity index is 2.16. The molecule has 1 saturated carbocycles. The molecule has 1 aliphatic rings. The van der Waals surface area contributed by atoms with Crippen molar-refractivity contribution in [3.8, 4) is 0 Å². The molecule has 62 valence electrons. The maximum Gasteiger partial charge on any atom is 0.133 e. The van der Waals surface area contributed by atoms with Crippen LogP contribution < -0.4 is 0 Å². The summed E-state index contributed by atoms with van der Waals surface area (Å²) >= 11 is 0. The van der Waals surface area contributed by atoms with Crippen molar-refractivity contribution in [2.45, 2.75) is 25.2 Å². The van der Waals surface area contributed by atoms with Crippen LogP contribution in [0.2, 0.25) is 0 Å². The number of hydrogen-bond donors (Lipinski definition) is 0. The first-order valence-electron chi connectivity index (χ1n) is 4.28. The fourth-order valence-corrected chi connectivity index (χ4v) is 1.73. The van der Waals surface area contributed by atoms with Gasteiger partial charge in [0.1, 0.15) is 5.78 Å². The zero-order valence-electron chi connectivity index (χ0n) is 6.86. The van der Waals surface area contributed by atoms with E-state index in [1.54, 1.807) is 12.4 Å². The van der Waals surface area contributed by atoms with Gasteiger partial charge < -0.3 is 0 Å². The summed E-state index contributed by atoms with van der Waals surface area (Å²) in [6.45, 7) is 0. The van der Waals surface area contributed by atoms with Gasteiger partial charge in [-0.1, -0.05) is 0 Å². The van der Waals surface area contributed by atoms with Crippen LogP contribution in [-0.4, -0.2) is 10.8 Å². The van der Waals surface area contributed by atoms with E-state index < -0.39 is 0 Å². The van der Waals surface area contributed by atoms with Gasteiger partial charge in [0.15, 0.2) is 0 Å². The van der Waals surface area contributed by atoms with Crippen LogP contribution in [-0.2, 0) is 4.79 Å². The lowest BCUT2D eigenvalue weighted by Crippen LogP contribution is -1.93. The highest BCUT2D eigenvalue weighted by Gasteiger charge is 2.22. The molecule has 0 bridgehead atoms. The molecular formula is C10H11NO. The maximum absolute atomic E-state index is 11.0. The molecule has 0 aliphatic heterocycles. The molecule has 1 aromatic rings. The van der Waals surface area contributed by atoms with E-state index in [-0.39, 0.29) is 0 Å². The molecule has 0 N–H and O–H groups in total.